The Kier molecular flexibility index (Phi) is 6.89. The number of fused-ring (bicyclic) bond motifs is 7. The summed E-state index contributed by atoms with van der Waals surface area (Å²) in [4.78, 5) is 0. The molecule has 0 aliphatic heterocycles. The zero-order chi connectivity index (χ0) is 33.5. The van der Waals surface area contributed by atoms with Gasteiger partial charge in [0.1, 0.15) is 5.82 Å². The normalized spacial score (nSPS) is 16.6. The minimum Gasteiger partial charge on any atom is -0.207 e. The van der Waals surface area contributed by atoms with E-state index in [1.165, 1.54) is 60.9 Å². The number of hydrogen-bond donors (Lipinski definition) is 0. The van der Waals surface area contributed by atoms with Crippen molar-refractivity contribution in [1.82, 2.24) is 0 Å². The molecular weight excluding hydrogens is 596 g/mol. The maximum Gasteiger partial charge on any atom is 0.123 e. The lowest BCUT2D eigenvalue weighted by Gasteiger charge is -2.33. The molecule has 242 valence electrons. The van der Waals surface area contributed by atoms with Gasteiger partial charge >= 0.3 is 0 Å². The molecular formula is C48H43F. The van der Waals surface area contributed by atoms with E-state index in [0.717, 1.165) is 60.4 Å². The fourth-order valence-electron chi connectivity index (χ4n) is 10.4. The van der Waals surface area contributed by atoms with Crippen LogP contribution in [0.25, 0.3) is 60.5 Å². The van der Waals surface area contributed by atoms with Crippen molar-refractivity contribution in [3.8, 4) is 33.4 Å². The third-order valence-electron chi connectivity index (χ3n) is 12.8. The van der Waals surface area contributed by atoms with E-state index in [2.05, 4.69) is 125 Å². The second-order valence-corrected chi connectivity index (χ2v) is 14.5. The molecule has 6 aromatic rings. The minimum atomic E-state index is -0.200. The van der Waals surface area contributed by atoms with Crippen molar-refractivity contribution in [2.75, 3.05) is 0 Å². The highest BCUT2D eigenvalue weighted by atomic mass is 19.1. The predicted octanol–water partition coefficient (Wildman–Crippen LogP) is 13.7. The molecule has 1 heteroatoms. The Balaban J connectivity index is 1.32. The Hall–Kier alpha value is -4.75. The lowest BCUT2D eigenvalue weighted by Crippen LogP contribution is -2.25. The van der Waals surface area contributed by atoms with Crippen molar-refractivity contribution in [3.63, 3.8) is 0 Å². The molecule has 0 spiro atoms. The molecule has 6 aromatic carbocycles. The molecule has 0 fully saturated rings. The van der Waals surface area contributed by atoms with Crippen LogP contribution in [0.2, 0.25) is 0 Å². The van der Waals surface area contributed by atoms with Gasteiger partial charge in [-0.25, -0.2) is 4.39 Å². The van der Waals surface area contributed by atoms with Crippen LogP contribution in [0.1, 0.15) is 88.5 Å². The molecule has 0 N–H and O–H groups in total. The molecule has 0 amide bonds. The molecule has 0 atom stereocenters. The van der Waals surface area contributed by atoms with Crippen molar-refractivity contribution in [3.05, 3.63) is 149 Å². The molecule has 0 saturated heterocycles. The minimum absolute atomic E-state index is 0.0312. The smallest absolute Gasteiger partial charge is 0.123 e. The molecule has 0 unspecified atom stereocenters. The van der Waals surface area contributed by atoms with Crippen molar-refractivity contribution < 1.29 is 4.39 Å². The van der Waals surface area contributed by atoms with E-state index in [4.69, 9.17) is 0 Å². The van der Waals surface area contributed by atoms with Crippen LogP contribution in [0.3, 0.4) is 0 Å². The maximum absolute atomic E-state index is 15.4. The molecule has 3 aliphatic rings. The second kappa shape index (κ2) is 11.1. The highest BCUT2D eigenvalue weighted by Crippen LogP contribution is 2.56. The molecule has 0 nitrogen and oxygen atoms in total. The summed E-state index contributed by atoms with van der Waals surface area (Å²) in [5.74, 6) is -0.200. The molecule has 9 rings (SSSR count). The van der Waals surface area contributed by atoms with E-state index >= 15 is 4.39 Å². The zero-order valence-corrected chi connectivity index (χ0v) is 29.1. The van der Waals surface area contributed by atoms with Gasteiger partial charge in [0.05, 0.1) is 0 Å². The van der Waals surface area contributed by atoms with E-state index in [9.17, 15) is 0 Å². The summed E-state index contributed by atoms with van der Waals surface area (Å²) in [6.45, 7) is 9.36. The summed E-state index contributed by atoms with van der Waals surface area (Å²) < 4.78 is 15.4. The summed E-state index contributed by atoms with van der Waals surface area (Å²) in [6, 6.07) is 37.4. The summed E-state index contributed by atoms with van der Waals surface area (Å²) >= 11 is 0. The van der Waals surface area contributed by atoms with Gasteiger partial charge < -0.3 is 0 Å². The number of benzene rings is 6. The van der Waals surface area contributed by atoms with Gasteiger partial charge in [-0.3, -0.25) is 0 Å². The van der Waals surface area contributed by atoms with Gasteiger partial charge in [0.2, 0.25) is 0 Å². The van der Waals surface area contributed by atoms with E-state index < -0.39 is 0 Å². The SMILES string of the molecule is CCC1(CC)C2=C(C=CCC2)c2ccc(-c3c4ccccc4c(-c4ccc5c(c4)C(CC)(CC)c4ccccc4-5)c4cc(F)ccc34)cc21. The van der Waals surface area contributed by atoms with Crippen molar-refractivity contribution in [2.45, 2.75) is 77.0 Å². The predicted molar refractivity (Wildman–Crippen MR) is 207 cm³/mol. The van der Waals surface area contributed by atoms with Gasteiger partial charge in [-0.05, 0) is 146 Å². The number of allylic oxidation sites excluding steroid dienone is 4. The van der Waals surface area contributed by atoms with Crippen LogP contribution in [0.15, 0.2) is 121 Å². The average molecular weight is 639 g/mol. The molecule has 49 heavy (non-hydrogen) atoms. The van der Waals surface area contributed by atoms with E-state index in [-0.39, 0.29) is 16.6 Å². The lowest BCUT2D eigenvalue weighted by molar-refractivity contribution is 0.462. The Labute approximate surface area is 290 Å². The number of hydrogen-bond acceptors (Lipinski definition) is 0. The van der Waals surface area contributed by atoms with Gasteiger partial charge in [0.15, 0.2) is 0 Å². The van der Waals surface area contributed by atoms with Crippen molar-refractivity contribution in [2.24, 2.45) is 0 Å². The summed E-state index contributed by atoms with van der Waals surface area (Å²) in [6.07, 6.45) is 11.2. The van der Waals surface area contributed by atoms with Gasteiger partial charge in [-0.1, -0.05) is 124 Å². The number of halogens is 1. The Morgan fingerprint density at radius 3 is 1.80 bits per heavy atom. The fourth-order valence-corrected chi connectivity index (χ4v) is 10.4. The molecule has 0 heterocycles. The van der Waals surface area contributed by atoms with Crippen LogP contribution in [0.4, 0.5) is 4.39 Å². The third-order valence-corrected chi connectivity index (χ3v) is 12.8. The van der Waals surface area contributed by atoms with Crippen LogP contribution in [-0.2, 0) is 10.8 Å². The quantitative estimate of drug-likeness (QED) is 0.159. The van der Waals surface area contributed by atoms with Crippen LogP contribution in [0.5, 0.6) is 0 Å². The molecule has 3 aliphatic carbocycles. The summed E-state index contributed by atoms with van der Waals surface area (Å²) in [7, 11) is 0. The highest BCUT2D eigenvalue weighted by Gasteiger charge is 2.43. The first-order chi connectivity index (χ1) is 24.0. The van der Waals surface area contributed by atoms with E-state index in [1.807, 2.05) is 6.07 Å². The van der Waals surface area contributed by atoms with E-state index in [1.54, 1.807) is 17.7 Å². The van der Waals surface area contributed by atoms with Crippen LogP contribution < -0.4 is 0 Å². The first kappa shape index (κ1) is 30.3. The highest BCUT2D eigenvalue weighted by molar-refractivity contribution is 6.21. The fraction of sp³-hybridized carbons (Fsp3) is 0.250. The topological polar surface area (TPSA) is 0 Å². The standard InChI is InChI=1S/C48H43F/c1-5-47(6-2)41-19-13-11-15-33(41)35-24-21-30(27-43(35)47)45-37-17-9-10-18-38(37)46(40-29-32(49)23-26-39(40)45)31-22-25-36-34-16-12-14-20-42(34)48(7-3,8-4)44(36)28-31/h9-12,14-18,20-29H,5-8,13,19H2,1-4H3. The van der Waals surface area contributed by atoms with Crippen LogP contribution in [-0.4, -0.2) is 0 Å². The van der Waals surface area contributed by atoms with Gasteiger partial charge in [0.25, 0.3) is 0 Å². The van der Waals surface area contributed by atoms with E-state index in [0.29, 0.717) is 0 Å². The first-order valence-electron chi connectivity index (χ1n) is 18.4. The zero-order valence-electron chi connectivity index (χ0n) is 29.1. The Morgan fingerprint density at radius 1 is 0.531 bits per heavy atom. The molecule has 0 saturated carbocycles. The number of rotatable bonds is 6. The summed E-state index contributed by atoms with van der Waals surface area (Å²) in [5, 5.41) is 4.46. The van der Waals surface area contributed by atoms with Crippen LogP contribution in [0, 0.1) is 5.82 Å². The molecule has 0 aromatic heterocycles. The van der Waals surface area contributed by atoms with Crippen LogP contribution >= 0.6 is 0 Å². The molecule has 0 radical (unpaired) electrons. The molecule has 0 bridgehead atoms. The van der Waals surface area contributed by atoms with Crippen molar-refractivity contribution >= 4 is 27.1 Å². The largest absolute Gasteiger partial charge is 0.207 e. The van der Waals surface area contributed by atoms with Gasteiger partial charge in [-0.2, -0.15) is 0 Å². The van der Waals surface area contributed by atoms with Gasteiger partial charge in [-0.15, -0.1) is 0 Å². The maximum atomic E-state index is 15.4. The Morgan fingerprint density at radius 2 is 1.10 bits per heavy atom. The third kappa shape index (κ3) is 4.02. The monoisotopic (exact) mass is 638 g/mol. The lowest BCUT2D eigenvalue weighted by atomic mass is 9.70. The van der Waals surface area contributed by atoms with Gasteiger partial charge in [0, 0.05) is 10.8 Å². The first-order valence-corrected chi connectivity index (χ1v) is 18.4. The van der Waals surface area contributed by atoms with Crippen molar-refractivity contribution in [1.29, 1.82) is 0 Å². The summed E-state index contributed by atoms with van der Waals surface area (Å²) in [5.41, 5.74) is 16.2. The average Bonchev–Trinajstić information content (AvgIpc) is 3.60. The second-order valence-electron chi connectivity index (χ2n) is 14.5. The Bertz CT molecular complexity index is 2390.